The second kappa shape index (κ2) is 8.69. The van der Waals surface area contributed by atoms with Gasteiger partial charge in [0.1, 0.15) is 5.75 Å². The van der Waals surface area contributed by atoms with Crippen molar-refractivity contribution in [3.8, 4) is 5.75 Å². The van der Waals surface area contributed by atoms with Gasteiger partial charge in [0, 0.05) is 35.3 Å². The van der Waals surface area contributed by atoms with Crippen molar-refractivity contribution in [2.75, 3.05) is 19.0 Å². The number of nitrogens with zero attached hydrogens (tertiary/aromatic N) is 4. The quantitative estimate of drug-likeness (QED) is 0.451. The number of alkyl halides is 3. The number of ether oxygens (including phenoxy) is 1. The van der Waals surface area contributed by atoms with Crippen LogP contribution in [0.2, 0.25) is 0 Å². The highest BCUT2D eigenvalue weighted by molar-refractivity contribution is 7.10. The lowest BCUT2D eigenvalue weighted by Crippen LogP contribution is -2.35. The Hall–Kier alpha value is -3.93. The molecule has 5 heterocycles. The Balaban J connectivity index is 1.33. The zero-order valence-corrected chi connectivity index (χ0v) is 19.1. The van der Waals surface area contributed by atoms with E-state index in [1.165, 1.54) is 17.5 Å². The first-order valence-electron chi connectivity index (χ1n) is 10.5. The number of anilines is 1. The van der Waals surface area contributed by atoms with Gasteiger partial charge in [-0.15, -0.1) is 11.3 Å². The van der Waals surface area contributed by atoms with E-state index in [9.17, 15) is 22.8 Å². The number of nitrogens with one attached hydrogen (secondary N) is 1. The zero-order chi connectivity index (χ0) is 24.7. The van der Waals surface area contributed by atoms with Crippen molar-refractivity contribution in [2.45, 2.75) is 19.1 Å². The number of hydrogen-bond donors (Lipinski definition) is 1. The fraction of sp³-hybridized carbons (Fsp3) is 0.217. The highest BCUT2D eigenvalue weighted by Crippen LogP contribution is 2.32. The largest absolute Gasteiger partial charge is 0.497 e. The number of pyridine rings is 2. The van der Waals surface area contributed by atoms with Gasteiger partial charge in [0.25, 0.3) is 11.8 Å². The molecule has 2 amide bonds. The van der Waals surface area contributed by atoms with Crippen molar-refractivity contribution >= 4 is 34.4 Å². The first-order chi connectivity index (χ1) is 16.7. The molecular formula is C23H18F3N5O3S. The van der Waals surface area contributed by atoms with Crippen LogP contribution in [0.5, 0.6) is 5.75 Å². The van der Waals surface area contributed by atoms with Crippen molar-refractivity contribution in [1.82, 2.24) is 19.5 Å². The molecule has 0 bridgehead atoms. The van der Waals surface area contributed by atoms with Gasteiger partial charge in [-0.3, -0.25) is 14.6 Å². The lowest BCUT2D eigenvalue weighted by atomic mass is 10.0. The number of aromatic nitrogens is 3. The van der Waals surface area contributed by atoms with Crippen LogP contribution in [0, 0.1) is 0 Å². The number of amides is 2. The molecule has 180 valence electrons. The predicted octanol–water partition coefficient (Wildman–Crippen LogP) is 4.27. The first-order valence-corrected chi connectivity index (χ1v) is 11.4. The minimum atomic E-state index is -4.56. The summed E-state index contributed by atoms with van der Waals surface area (Å²) < 4.78 is 45.7. The van der Waals surface area contributed by atoms with Crippen LogP contribution < -0.4 is 10.1 Å². The number of hydrogen-bond acceptors (Lipinski definition) is 6. The summed E-state index contributed by atoms with van der Waals surface area (Å²) >= 11 is 1.34. The zero-order valence-electron chi connectivity index (χ0n) is 18.3. The third kappa shape index (κ3) is 4.32. The minimum Gasteiger partial charge on any atom is -0.497 e. The summed E-state index contributed by atoms with van der Waals surface area (Å²) in [5, 5.41) is 8.39. The summed E-state index contributed by atoms with van der Waals surface area (Å²) in [5.41, 5.74) is 1.26. The third-order valence-corrected chi connectivity index (χ3v) is 6.77. The molecule has 0 fully saturated rings. The van der Waals surface area contributed by atoms with Crippen LogP contribution in [0.1, 0.15) is 36.7 Å². The first kappa shape index (κ1) is 22.8. The van der Waals surface area contributed by atoms with Gasteiger partial charge in [-0.1, -0.05) is 0 Å². The molecule has 0 spiro atoms. The van der Waals surface area contributed by atoms with Gasteiger partial charge >= 0.3 is 6.18 Å². The van der Waals surface area contributed by atoms with Gasteiger partial charge < -0.3 is 15.0 Å². The molecule has 35 heavy (non-hydrogen) atoms. The number of fused-ring (bicyclic) bond motifs is 2. The number of carbonyl (C=O) groups is 2. The number of thiophene rings is 1. The van der Waals surface area contributed by atoms with E-state index in [1.807, 2.05) is 0 Å². The van der Waals surface area contributed by atoms with E-state index >= 15 is 0 Å². The Morgan fingerprint density at radius 2 is 2.00 bits per heavy atom. The molecule has 0 aromatic carbocycles. The SMILES string of the molecule is COc1ccn2ncc(C(=O)N3CCc4c(C(=O)Nc5cncc(C(F)(F)F)c5)csc4C3)c2c1. The summed E-state index contributed by atoms with van der Waals surface area (Å²) in [6.45, 7) is 0.702. The Labute approximate surface area is 201 Å². The van der Waals surface area contributed by atoms with Gasteiger partial charge in [0.05, 0.1) is 53.9 Å². The maximum Gasteiger partial charge on any atom is 0.417 e. The van der Waals surface area contributed by atoms with E-state index in [0.717, 1.165) is 22.7 Å². The lowest BCUT2D eigenvalue weighted by Gasteiger charge is -2.27. The number of methoxy groups -OCH3 is 1. The number of carbonyl (C=O) groups excluding carboxylic acids is 2. The highest BCUT2D eigenvalue weighted by atomic mass is 32.1. The summed E-state index contributed by atoms with van der Waals surface area (Å²) in [4.78, 5) is 32.1. The molecule has 0 atom stereocenters. The Morgan fingerprint density at radius 3 is 2.77 bits per heavy atom. The van der Waals surface area contributed by atoms with Crippen LogP contribution in [0.25, 0.3) is 5.52 Å². The van der Waals surface area contributed by atoms with Gasteiger partial charge in [-0.25, -0.2) is 4.52 Å². The molecule has 1 N–H and O–H groups in total. The monoisotopic (exact) mass is 501 g/mol. The van der Waals surface area contributed by atoms with Gasteiger partial charge in [-0.05, 0) is 24.1 Å². The fourth-order valence-electron chi connectivity index (χ4n) is 3.98. The highest BCUT2D eigenvalue weighted by Gasteiger charge is 2.32. The van der Waals surface area contributed by atoms with Crippen molar-refractivity contribution in [1.29, 1.82) is 0 Å². The second-order valence-electron chi connectivity index (χ2n) is 7.90. The molecule has 0 aliphatic carbocycles. The smallest absolute Gasteiger partial charge is 0.417 e. The Morgan fingerprint density at radius 1 is 1.17 bits per heavy atom. The molecule has 0 saturated heterocycles. The van der Waals surface area contributed by atoms with Crippen LogP contribution in [0.3, 0.4) is 0 Å². The molecule has 12 heteroatoms. The molecule has 5 rings (SSSR count). The van der Waals surface area contributed by atoms with E-state index in [2.05, 4.69) is 15.4 Å². The van der Waals surface area contributed by atoms with E-state index in [4.69, 9.17) is 4.74 Å². The lowest BCUT2D eigenvalue weighted by molar-refractivity contribution is -0.137. The van der Waals surface area contributed by atoms with Crippen molar-refractivity contribution < 1.29 is 27.5 Å². The molecule has 8 nitrogen and oxygen atoms in total. The Bertz CT molecular complexity index is 1450. The Kier molecular flexibility index (Phi) is 5.67. The molecule has 0 radical (unpaired) electrons. The maximum atomic E-state index is 13.2. The second-order valence-corrected chi connectivity index (χ2v) is 8.86. The van der Waals surface area contributed by atoms with Gasteiger partial charge in [0.15, 0.2) is 0 Å². The van der Waals surface area contributed by atoms with E-state index < -0.39 is 17.6 Å². The standard InChI is InChI=1S/C23H18F3N5O3S/c1-34-15-2-5-31-19(7-15)17(10-28-31)22(33)30-4-3-16-18(12-35-20(16)11-30)21(32)29-14-6-13(8-27-9-14)23(24,25)26/h2,5-10,12H,3-4,11H2,1H3,(H,29,32). The molecule has 0 saturated carbocycles. The van der Waals surface area contributed by atoms with Crippen molar-refractivity contribution in [2.24, 2.45) is 0 Å². The summed E-state index contributed by atoms with van der Waals surface area (Å²) in [5.74, 6) is -0.0932. The van der Waals surface area contributed by atoms with Crippen LogP contribution in [-0.2, 0) is 19.1 Å². The van der Waals surface area contributed by atoms with Crippen LogP contribution in [0.15, 0.2) is 48.4 Å². The van der Waals surface area contributed by atoms with Crippen molar-refractivity contribution in [3.63, 3.8) is 0 Å². The van der Waals surface area contributed by atoms with E-state index in [1.54, 1.807) is 40.2 Å². The molecule has 4 aromatic heterocycles. The van der Waals surface area contributed by atoms with E-state index in [0.29, 0.717) is 48.1 Å². The number of halogens is 3. The van der Waals surface area contributed by atoms with Crippen LogP contribution >= 0.6 is 11.3 Å². The molecule has 4 aromatic rings. The molecule has 1 aliphatic heterocycles. The third-order valence-electron chi connectivity index (χ3n) is 5.76. The van der Waals surface area contributed by atoms with Gasteiger partial charge in [0.2, 0.25) is 0 Å². The van der Waals surface area contributed by atoms with E-state index in [-0.39, 0.29) is 11.6 Å². The van der Waals surface area contributed by atoms with Gasteiger partial charge in [-0.2, -0.15) is 18.3 Å². The summed E-state index contributed by atoms with van der Waals surface area (Å²) in [6.07, 6.45) is 0.978. The van der Waals surface area contributed by atoms with Crippen LogP contribution in [0.4, 0.5) is 18.9 Å². The average molecular weight is 501 g/mol. The molecule has 0 unspecified atom stereocenters. The van der Waals surface area contributed by atoms with Crippen molar-refractivity contribution in [3.05, 3.63) is 75.5 Å². The topological polar surface area (TPSA) is 88.8 Å². The fourth-order valence-corrected chi connectivity index (χ4v) is 5.07. The van der Waals surface area contributed by atoms with Crippen LogP contribution in [-0.4, -0.2) is 45.0 Å². The summed E-state index contributed by atoms with van der Waals surface area (Å²) in [7, 11) is 1.55. The molecule has 1 aliphatic rings. The normalized spacial score (nSPS) is 13.5. The molecular weight excluding hydrogens is 483 g/mol. The predicted molar refractivity (Wildman–Crippen MR) is 122 cm³/mol. The average Bonchev–Trinajstić information content (AvgIpc) is 3.46. The number of rotatable bonds is 4. The minimum absolute atomic E-state index is 0.0408. The maximum absolute atomic E-state index is 13.2. The summed E-state index contributed by atoms with van der Waals surface area (Å²) in [6, 6.07) is 4.33.